The van der Waals surface area contributed by atoms with Crippen LogP contribution >= 0.6 is 0 Å². The Kier molecular flexibility index (Phi) is 3.85. The molecule has 1 atom stereocenters. The van der Waals surface area contributed by atoms with Crippen molar-refractivity contribution in [2.24, 2.45) is 0 Å². The van der Waals surface area contributed by atoms with E-state index in [1.807, 2.05) is 30.3 Å². The van der Waals surface area contributed by atoms with Crippen LogP contribution in [0.15, 0.2) is 59.5 Å². The minimum atomic E-state index is -0.436. The first-order valence-corrected chi connectivity index (χ1v) is 7.99. The third-order valence-corrected chi connectivity index (χ3v) is 4.09. The van der Waals surface area contributed by atoms with Gasteiger partial charge in [0, 0.05) is 17.1 Å². The van der Waals surface area contributed by atoms with Crippen molar-refractivity contribution in [3.8, 4) is 11.5 Å². The third kappa shape index (κ3) is 2.94. The van der Waals surface area contributed by atoms with Crippen LogP contribution in [0, 0.1) is 0 Å². The fourth-order valence-corrected chi connectivity index (χ4v) is 2.80. The van der Waals surface area contributed by atoms with Gasteiger partial charge in [0.05, 0.1) is 6.54 Å². The predicted octanol–water partition coefficient (Wildman–Crippen LogP) is 2.10. The second kappa shape index (κ2) is 6.32. The lowest BCUT2D eigenvalue weighted by atomic mass is 10.1. The Morgan fingerprint density at radius 1 is 1.12 bits per heavy atom. The van der Waals surface area contributed by atoms with Gasteiger partial charge >= 0.3 is 0 Å². The van der Waals surface area contributed by atoms with Gasteiger partial charge in [-0.25, -0.2) is 0 Å². The molecule has 126 valence electrons. The van der Waals surface area contributed by atoms with Gasteiger partial charge in [0.2, 0.25) is 5.43 Å². The van der Waals surface area contributed by atoms with Crippen LogP contribution in [-0.4, -0.2) is 30.1 Å². The highest BCUT2D eigenvalue weighted by Gasteiger charge is 2.22. The van der Waals surface area contributed by atoms with E-state index in [0.29, 0.717) is 29.0 Å². The average Bonchev–Trinajstić information content (AvgIpc) is 2.66. The molecule has 2 aromatic carbocycles. The summed E-state index contributed by atoms with van der Waals surface area (Å²) in [6.07, 6.45) is 1.13. The Labute approximate surface area is 143 Å². The normalized spacial score (nSPS) is 15.8. The monoisotopic (exact) mass is 336 g/mol. The predicted molar refractivity (Wildman–Crippen MR) is 93.3 cm³/mol. The number of carbonyl (C=O) groups excluding carboxylic acids is 1. The van der Waals surface area contributed by atoms with Crippen molar-refractivity contribution in [3.05, 3.63) is 70.5 Å². The summed E-state index contributed by atoms with van der Waals surface area (Å²) in [6, 6.07) is 14.5. The number of para-hydroxylation sites is 3. The first kappa shape index (κ1) is 15.3. The Morgan fingerprint density at radius 3 is 2.76 bits per heavy atom. The zero-order valence-corrected chi connectivity index (χ0v) is 13.3. The molecule has 0 radical (unpaired) electrons. The molecule has 0 unspecified atom stereocenters. The zero-order valence-electron chi connectivity index (χ0n) is 13.3. The van der Waals surface area contributed by atoms with Crippen molar-refractivity contribution < 1.29 is 14.3 Å². The topological polar surface area (TPSA) is 80.4 Å². The van der Waals surface area contributed by atoms with Crippen molar-refractivity contribution in [1.82, 2.24) is 10.3 Å². The highest BCUT2D eigenvalue weighted by Crippen LogP contribution is 2.30. The number of fused-ring (bicyclic) bond motifs is 2. The molecule has 0 saturated heterocycles. The van der Waals surface area contributed by atoms with Crippen LogP contribution in [0.5, 0.6) is 11.5 Å². The maximum Gasteiger partial charge on any atom is 0.256 e. The quantitative estimate of drug-likeness (QED) is 0.767. The lowest BCUT2D eigenvalue weighted by molar-refractivity contribution is 0.0788. The number of rotatable bonds is 3. The molecule has 0 aliphatic carbocycles. The second-order valence-electron chi connectivity index (χ2n) is 5.78. The number of ether oxygens (including phenoxy) is 2. The van der Waals surface area contributed by atoms with Gasteiger partial charge in [-0.1, -0.05) is 24.3 Å². The number of hydrogen-bond acceptors (Lipinski definition) is 4. The van der Waals surface area contributed by atoms with E-state index < -0.39 is 5.91 Å². The standard InChI is InChI=1S/C19H16N2O4/c22-18-13-5-1-2-6-15(13)20-10-14(18)19(23)21-9-12-11-24-16-7-3-4-8-17(16)25-12/h1-8,10,12H,9,11H2,(H,20,22)(H,21,23)/t12-/m1/s1. The second-order valence-corrected chi connectivity index (χ2v) is 5.78. The Balaban J connectivity index is 1.47. The maximum atomic E-state index is 12.4. The van der Waals surface area contributed by atoms with Crippen LogP contribution in [0.3, 0.4) is 0 Å². The number of aromatic nitrogens is 1. The zero-order chi connectivity index (χ0) is 17.2. The highest BCUT2D eigenvalue weighted by molar-refractivity contribution is 5.97. The molecule has 25 heavy (non-hydrogen) atoms. The summed E-state index contributed by atoms with van der Waals surface area (Å²) in [5, 5.41) is 3.23. The van der Waals surface area contributed by atoms with E-state index in [9.17, 15) is 9.59 Å². The third-order valence-electron chi connectivity index (χ3n) is 4.09. The fraction of sp³-hybridized carbons (Fsp3) is 0.158. The number of pyridine rings is 1. The highest BCUT2D eigenvalue weighted by atomic mass is 16.6. The summed E-state index contributed by atoms with van der Waals surface area (Å²) >= 11 is 0. The van der Waals surface area contributed by atoms with Crippen molar-refractivity contribution >= 4 is 16.8 Å². The SMILES string of the molecule is O=C(NC[C@@H]1COc2ccccc2O1)c1c[nH]c2ccccc2c1=O. The lowest BCUT2D eigenvalue weighted by Gasteiger charge is -2.26. The molecule has 1 amide bonds. The Bertz CT molecular complexity index is 996. The number of amides is 1. The number of benzene rings is 2. The summed E-state index contributed by atoms with van der Waals surface area (Å²) in [4.78, 5) is 27.8. The van der Waals surface area contributed by atoms with Crippen molar-refractivity contribution in [2.45, 2.75) is 6.10 Å². The minimum Gasteiger partial charge on any atom is -0.486 e. The van der Waals surface area contributed by atoms with E-state index >= 15 is 0 Å². The molecule has 1 aliphatic heterocycles. The van der Waals surface area contributed by atoms with Gasteiger partial charge in [-0.3, -0.25) is 9.59 Å². The van der Waals surface area contributed by atoms with E-state index in [2.05, 4.69) is 10.3 Å². The van der Waals surface area contributed by atoms with Gasteiger partial charge in [-0.05, 0) is 24.3 Å². The molecule has 2 heterocycles. The number of carbonyl (C=O) groups is 1. The number of nitrogens with one attached hydrogen (secondary N) is 2. The molecule has 0 fully saturated rings. The smallest absolute Gasteiger partial charge is 0.256 e. The molecular weight excluding hydrogens is 320 g/mol. The van der Waals surface area contributed by atoms with E-state index in [1.54, 1.807) is 18.2 Å². The largest absolute Gasteiger partial charge is 0.486 e. The number of H-pyrrole nitrogens is 1. The van der Waals surface area contributed by atoms with Crippen LogP contribution in [0.1, 0.15) is 10.4 Å². The average molecular weight is 336 g/mol. The molecule has 6 nitrogen and oxygen atoms in total. The number of aromatic amines is 1. The molecular formula is C19H16N2O4. The van der Waals surface area contributed by atoms with Gasteiger partial charge in [0.15, 0.2) is 11.5 Å². The van der Waals surface area contributed by atoms with Crippen LogP contribution in [0.25, 0.3) is 10.9 Å². The van der Waals surface area contributed by atoms with E-state index in [4.69, 9.17) is 9.47 Å². The van der Waals surface area contributed by atoms with Crippen LogP contribution in [0.4, 0.5) is 0 Å². The first-order valence-electron chi connectivity index (χ1n) is 7.99. The van der Waals surface area contributed by atoms with Crippen LogP contribution < -0.4 is 20.2 Å². The number of hydrogen-bond donors (Lipinski definition) is 2. The molecule has 1 aliphatic rings. The molecule has 0 saturated carbocycles. The van der Waals surface area contributed by atoms with E-state index in [0.717, 1.165) is 0 Å². The van der Waals surface area contributed by atoms with Gasteiger partial charge < -0.3 is 19.8 Å². The maximum absolute atomic E-state index is 12.4. The minimum absolute atomic E-state index is 0.0795. The molecule has 0 bridgehead atoms. The summed E-state index contributed by atoms with van der Waals surface area (Å²) < 4.78 is 11.4. The van der Waals surface area contributed by atoms with E-state index in [1.165, 1.54) is 6.20 Å². The summed E-state index contributed by atoms with van der Waals surface area (Å²) in [6.45, 7) is 0.588. The van der Waals surface area contributed by atoms with Crippen LogP contribution in [0.2, 0.25) is 0 Å². The molecule has 6 heteroatoms. The summed E-state index contributed by atoms with van der Waals surface area (Å²) in [7, 11) is 0. The summed E-state index contributed by atoms with van der Waals surface area (Å²) in [5.74, 6) is 0.905. The molecule has 1 aromatic heterocycles. The van der Waals surface area contributed by atoms with Gasteiger partial charge in [0.25, 0.3) is 5.91 Å². The Hall–Kier alpha value is -3.28. The van der Waals surface area contributed by atoms with Crippen molar-refractivity contribution in [1.29, 1.82) is 0 Å². The van der Waals surface area contributed by atoms with Gasteiger partial charge in [-0.15, -0.1) is 0 Å². The van der Waals surface area contributed by atoms with Crippen LogP contribution in [-0.2, 0) is 0 Å². The first-order chi connectivity index (χ1) is 12.2. The molecule has 2 N–H and O–H groups in total. The van der Waals surface area contributed by atoms with E-state index in [-0.39, 0.29) is 23.6 Å². The fourth-order valence-electron chi connectivity index (χ4n) is 2.80. The van der Waals surface area contributed by atoms with Crippen molar-refractivity contribution in [3.63, 3.8) is 0 Å². The van der Waals surface area contributed by atoms with Gasteiger partial charge in [0.1, 0.15) is 18.3 Å². The lowest BCUT2D eigenvalue weighted by Crippen LogP contribution is -2.41. The molecule has 4 rings (SSSR count). The molecule has 3 aromatic rings. The Morgan fingerprint density at radius 2 is 1.88 bits per heavy atom. The van der Waals surface area contributed by atoms with Crippen molar-refractivity contribution in [2.75, 3.05) is 13.2 Å². The van der Waals surface area contributed by atoms with Gasteiger partial charge in [-0.2, -0.15) is 0 Å². The molecule has 0 spiro atoms. The summed E-state index contributed by atoms with van der Waals surface area (Å²) in [5.41, 5.74) is 0.485.